The zero-order valence-corrected chi connectivity index (χ0v) is 7.98. The molecule has 1 unspecified atom stereocenters. The summed E-state index contributed by atoms with van der Waals surface area (Å²) in [7, 11) is 1.32. The topological polar surface area (TPSA) is 52.1 Å². The van der Waals surface area contributed by atoms with E-state index in [1.807, 2.05) is 0 Å². The molecule has 1 rings (SSSR count). The number of halogens is 1. The van der Waals surface area contributed by atoms with Crippen LogP contribution in [0.1, 0.15) is 10.7 Å². The van der Waals surface area contributed by atoms with Gasteiger partial charge in [0, 0.05) is 12.4 Å². The van der Waals surface area contributed by atoms with Crippen LogP contribution in [0.2, 0.25) is 0 Å². The molecule has 1 aromatic heterocycles. The Morgan fingerprint density at radius 2 is 2.17 bits per heavy atom. The molecule has 5 heteroatoms. The van der Waals surface area contributed by atoms with Crippen LogP contribution in [0.15, 0.2) is 18.5 Å². The number of ether oxygens (including phenoxy) is 1. The number of hydrogen-bond acceptors (Lipinski definition) is 4. The number of rotatable bonds is 2. The normalized spacial score (nSPS) is 12.2. The van der Waals surface area contributed by atoms with Gasteiger partial charge in [0.15, 0.2) is 10.7 Å². The van der Waals surface area contributed by atoms with Gasteiger partial charge in [0.1, 0.15) is 0 Å². The van der Waals surface area contributed by atoms with E-state index >= 15 is 0 Å². The molecule has 0 saturated heterocycles. The largest absolute Gasteiger partial charge is 0.468 e. The number of carbonyl (C=O) groups is 1. The molecule has 0 aliphatic heterocycles. The fourth-order valence-corrected chi connectivity index (χ4v) is 1.07. The molecule has 64 valence electrons. The number of hydrogen-bond donors (Lipinski definition) is 0. The quantitative estimate of drug-likeness (QED) is 0.564. The van der Waals surface area contributed by atoms with E-state index in [0.717, 1.165) is 0 Å². The summed E-state index contributed by atoms with van der Waals surface area (Å²) in [6.07, 6.45) is 3.14. The van der Waals surface area contributed by atoms with Crippen molar-refractivity contribution in [1.29, 1.82) is 0 Å². The van der Waals surface area contributed by atoms with Crippen molar-refractivity contribution >= 4 is 21.9 Å². The summed E-state index contributed by atoms with van der Waals surface area (Å²) in [5.41, 5.74) is 0. The highest BCUT2D eigenvalue weighted by Gasteiger charge is 2.19. The predicted molar refractivity (Wildman–Crippen MR) is 45.7 cm³/mol. The molecule has 0 aliphatic rings. The smallest absolute Gasteiger partial charge is 0.327 e. The molecule has 0 fully saturated rings. The van der Waals surface area contributed by atoms with Crippen LogP contribution in [-0.2, 0) is 9.53 Å². The summed E-state index contributed by atoms with van der Waals surface area (Å²) in [6.45, 7) is 0. The van der Waals surface area contributed by atoms with Gasteiger partial charge in [-0.3, -0.25) is 4.79 Å². The standard InChI is InChI=1S/C7H7BrN2O2/c1-12-7(11)5(8)6-9-3-2-4-10-6/h2-5H,1H3. The molecule has 0 spiro atoms. The average molecular weight is 231 g/mol. The summed E-state index contributed by atoms with van der Waals surface area (Å²) in [6, 6.07) is 1.68. The minimum atomic E-state index is -0.580. The van der Waals surface area contributed by atoms with Gasteiger partial charge in [-0.15, -0.1) is 0 Å². The van der Waals surface area contributed by atoms with Crippen LogP contribution in [0.25, 0.3) is 0 Å². The maximum absolute atomic E-state index is 11.0. The van der Waals surface area contributed by atoms with E-state index in [9.17, 15) is 4.79 Å². The van der Waals surface area contributed by atoms with E-state index in [1.165, 1.54) is 7.11 Å². The van der Waals surface area contributed by atoms with Crippen molar-refractivity contribution in [1.82, 2.24) is 9.97 Å². The van der Waals surface area contributed by atoms with Gasteiger partial charge in [-0.05, 0) is 6.07 Å². The Labute approximate surface area is 78.1 Å². The Kier molecular flexibility index (Phi) is 3.16. The van der Waals surface area contributed by atoms with Crippen LogP contribution >= 0.6 is 15.9 Å². The monoisotopic (exact) mass is 230 g/mol. The highest BCUT2D eigenvalue weighted by atomic mass is 79.9. The Bertz CT molecular complexity index is 265. The molecule has 0 amide bonds. The molecule has 1 aromatic rings. The first-order valence-corrected chi connectivity index (χ1v) is 4.16. The van der Waals surface area contributed by atoms with Crippen molar-refractivity contribution in [3.63, 3.8) is 0 Å². The maximum atomic E-state index is 11.0. The molecular formula is C7H7BrN2O2. The van der Waals surface area contributed by atoms with Crippen LogP contribution in [0.4, 0.5) is 0 Å². The van der Waals surface area contributed by atoms with Crippen molar-refractivity contribution in [2.45, 2.75) is 4.83 Å². The Balaban J connectivity index is 2.78. The van der Waals surface area contributed by atoms with Gasteiger partial charge in [-0.2, -0.15) is 0 Å². The average Bonchev–Trinajstić information content (AvgIpc) is 2.17. The van der Waals surface area contributed by atoms with E-state index in [0.29, 0.717) is 5.82 Å². The minimum absolute atomic E-state index is 0.402. The zero-order valence-electron chi connectivity index (χ0n) is 6.40. The lowest BCUT2D eigenvalue weighted by Gasteiger charge is -2.04. The van der Waals surface area contributed by atoms with Gasteiger partial charge >= 0.3 is 5.97 Å². The highest BCUT2D eigenvalue weighted by molar-refractivity contribution is 9.09. The van der Waals surface area contributed by atoms with Crippen molar-refractivity contribution in [2.75, 3.05) is 7.11 Å². The zero-order chi connectivity index (χ0) is 8.97. The molecule has 12 heavy (non-hydrogen) atoms. The first kappa shape index (κ1) is 9.12. The van der Waals surface area contributed by atoms with E-state index in [1.54, 1.807) is 18.5 Å². The second kappa shape index (κ2) is 4.15. The molecule has 0 N–H and O–H groups in total. The SMILES string of the molecule is COC(=O)C(Br)c1ncccn1. The Morgan fingerprint density at radius 3 is 2.67 bits per heavy atom. The summed E-state index contributed by atoms with van der Waals surface area (Å²) in [5, 5.41) is 0. The number of esters is 1. The lowest BCUT2D eigenvalue weighted by atomic mass is 10.4. The second-order valence-corrected chi connectivity index (χ2v) is 2.91. The van der Waals surface area contributed by atoms with Crippen LogP contribution in [0.5, 0.6) is 0 Å². The molecule has 0 radical (unpaired) electrons. The second-order valence-electron chi connectivity index (χ2n) is 1.99. The fourth-order valence-electron chi connectivity index (χ4n) is 0.650. The third-order valence-electron chi connectivity index (χ3n) is 1.22. The lowest BCUT2D eigenvalue weighted by Crippen LogP contribution is -2.10. The molecule has 0 saturated carbocycles. The first-order chi connectivity index (χ1) is 5.75. The van der Waals surface area contributed by atoms with Gasteiger partial charge in [0.2, 0.25) is 0 Å². The lowest BCUT2D eigenvalue weighted by molar-refractivity contribution is -0.140. The van der Waals surface area contributed by atoms with Crippen LogP contribution in [0, 0.1) is 0 Å². The van der Waals surface area contributed by atoms with E-state index < -0.39 is 10.8 Å². The van der Waals surface area contributed by atoms with Gasteiger partial charge in [-0.25, -0.2) is 9.97 Å². The summed E-state index contributed by atoms with van der Waals surface area (Å²) >= 11 is 3.11. The molecule has 0 aliphatic carbocycles. The molecule has 1 atom stereocenters. The Morgan fingerprint density at radius 1 is 1.58 bits per heavy atom. The molecule has 0 aromatic carbocycles. The van der Waals surface area contributed by atoms with Crippen LogP contribution < -0.4 is 0 Å². The number of carbonyl (C=O) groups excluding carboxylic acids is 1. The first-order valence-electron chi connectivity index (χ1n) is 3.24. The number of aromatic nitrogens is 2. The van der Waals surface area contributed by atoms with Crippen molar-refractivity contribution in [3.05, 3.63) is 24.3 Å². The molecule has 4 nitrogen and oxygen atoms in total. The highest BCUT2D eigenvalue weighted by Crippen LogP contribution is 2.19. The van der Waals surface area contributed by atoms with Gasteiger partial charge < -0.3 is 4.74 Å². The fraction of sp³-hybridized carbons (Fsp3) is 0.286. The van der Waals surface area contributed by atoms with Crippen LogP contribution in [-0.4, -0.2) is 23.0 Å². The third-order valence-corrected chi connectivity index (χ3v) is 2.00. The van der Waals surface area contributed by atoms with E-state index in [4.69, 9.17) is 0 Å². The number of nitrogens with zero attached hydrogens (tertiary/aromatic N) is 2. The van der Waals surface area contributed by atoms with Gasteiger partial charge in [0.05, 0.1) is 7.11 Å². The molecular weight excluding hydrogens is 224 g/mol. The summed E-state index contributed by atoms with van der Waals surface area (Å²) < 4.78 is 4.50. The van der Waals surface area contributed by atoms with Crippen molar-refractivity contribution in [2.24, 2.45) is 0 Å². The third kappa shape index (κ3) is 2.01. The minimum Gasteiger partial charge on any atom is -0.468 e. The van der Waals surface area contributed by atoms with E-state index in [-0.39, 0.29) is 0 Å². The van der Waals surface area contributed by atoms with Crippen molar-refractivity contribution < 1.29 is 9.53 Å². The molecule has 1 heterocycles. The number of alkyl halides is 1. The maximum Gasteiger partial charge on any atom is 0.327 e. The van der Waals surface area contributed by atoms with Gasteiger partial charge in [0.25, 0.3) is 0 Å². The summed E-state index contributed by atoms with van der Waals surface area (Å²) in [4.78, 5) is 18.2. The molecule has 0 bridgehead atoms. The van der Waals surface area contributed by atoms with Gasteiger partial charge in [-0.1, -0.05) is 15.9 Å². The summed E-state index contributed by atoms with van der Waals surface area (Å²) in [5.74, 6) is 0.00514. The van der Waals surface area contributed by atoms with E-state index in [2.05, 4.69) is 30.6 Å². The predicted octanol–water partition coefficient (Wildman–Crippen LogP) is 1.09. The Hall–Kier alpha value is -0.970. The van der Waals surface area contributed by atoms with Crippen molar-refractivity contribution in [3.8, 4) is 0 Å². The van der Waals surface area contributed by atoms with Crippen LogP contribution in [0.3, 0.4) is 0 Å². The number of methoxy groups -OCH3 is 1.